The number of H-pyrrole nitrogens is 1. The fraction of sp³-hybridized carbons (Fsp3) is 0.471. The van der Waals surface area contributed by atoms with Crippen LogP contribution in [-0.4, -0.2) is 17.4 Å². The van der Waals surface area contributed by atoms with Crippen molar-refractivity contribution in [3.05, 3.63) is 30.5 Å². The fourth-order valence-corrected chi connectivity index (χ4v) is 3.29. The van der Waals surface area contributed by atoms with E-state index in [4.69, 9.17) is 0 Å². The maximum absolute atomic E-state index is 12.8. The first-order valence-electron chi connectivity index (χ1n) is 7.68. The second-order valence-corrected chi connectivity index (χ2v) is 5.64. The zero-order valence-electron chi connectivity index (χ0n) is 12.1. The van der Waals surface area contributed by atoms with Crippen molar-refractivity contribution in [3.63, 3.8) is 0 Å². The molecule has 1 aliphatic rings. The van der Waals surface area contributed by atoms with E-state index >= 15 is 0 Å². The number of nitrogens with zero attached hydrogens (tertiary/aromatic N) is 1. The van der Waals surface area contributed by atoms with Gasteiger partial charge >= 0.3 is 0 Å². The highest BCUT2D eigenvalue weighted by molar-refractivity contribution is 6.04. The summed E-state index contributed by atoms with van der Waals surface area (Å²) in [5, 5.41) is 1.14. The summed E-state index contributed by atoms with van der Waals surface area (Å²) in [4.78, 5) is 18.0. The van der Waals surface area contributed by atoms with Crippen molar-refractivity contribution in [2.75, 3.05) is 11.4 Å². The summed E-state index contributed by atoms with van der Waals surface area (Å²) < 4.78 is 0. The summed E-state index contributed by atoms with van der Waals surface area (Å²) in [7, 11) is 0. The van der Waals surface area contributed by atoms with E-state index in [0.29, 0.717) is 5.91 Å². The molecule has 1 amide bonds. The Balaban J connectivity index is 1.90. The highest BCUT2D eigenvalue weighted by atomic mass is 16.2. The van der Waals surface area contributed by atoms with Gasteiger partial charge in [0.25, 0.3) is 0 Å². The van der Waals surface area contributed by atoms with Gasteiger partial charge in [0, 0.05) is 29.6 Å². The standard InChI is InChI=1S/C17H22N2O/c1-2-19(17(20)13-8-4-3-5-9-13)16-12-18-15-11-7-6-10-14(15)16/h6-7,10-13,18H,2-5,8-9H2,1H3. The highest BCUT2D eigenvalue weighted by Crippen LogP contribution is 2.31. The summed E-state index contributed by atoms with van der Waals surface area (Å²) >= 11 is 0. The van der Waals surface area contributed by atoms with Gasteiger partial charge in [0.1, 0.15) is 0 Å². The molecule has 0 radical (unpaired) electrons. The summed E-state index contributed by atoms with van der Waals surface area (Å²) in [5.74, 6) is 0.523. The first-order chi connectivity index (χ1) is 9.81. The van der Waals surface area contributed by atoms with E-state index in [1.165, 1.54) is 19.3 Å². The highest BCUT2D eigenvalue weighted by Gasteiger charge is 2.27. The largest absolute Gasteiger partial charge is 0.359 e. The number of anilines is 1. The van der Waals surface area contributed by atoms with E-state index in [-0.39, 0.29) is 5.92 Å². The van der Waals surface area contributed by atoms with Crippen molar-refractivity contribution >= 4 is 22.5 Å². The van der Waals surface area contributed by atoms with Crippen molar-refractivity contribution in [2.45, 2.75) is 39.0 Å². The number of amides is 1. The Morgan fingerprint density at radius 3 is 2.75 bits per heavy atom. The lowest BCUT2D eigenvalue weighted by atomic mass is 9.88. The number of benzene rings is 1. The number of carbonyl (C=O) groups is 1. The van der Waals surface area contributed by atoms with Gasteiger partial charge in [0.2, 0.25) is 5.91 Å². The van der Waals surface area contributed by atoms with Crippen LogP contribution in [-0.2, 0) is 4.79 Å². The van der Waals surface area contributed by atoms with Gasteiger partial charge < -0.3 is 9.88 Å². The van der Waals surface area contributed by atoms with Crippen LogP contribution in [0.25, 0.3) is 10.9 Å². The Morgan fingerprint density at radius 1 is 1.25 bits per heavy atom. The van der Waals surface area contributed by atoms with Gasteiger partial charge in [-0.1, -0.05) is 37.5 Å². The third kappa shape index (κ3) is 2.33. The van der Waals surface area contributed by atoms with E-state index in [0.717, 1.165) is 36.0 Å². The first-order valence-corrected chi connectivity index (χ1v) is 7.68. The maximum atomic E-state index is 12.8. The molecule has 0 spiro atoms. The summed E-state index contributed by atoms with van der Waals surface area (Å²) in [6, 6.07) is 8.18. The zero-order chi connectivity index (χ0) is 13.9. The minimum Gasteiger partial charge on any atom is -0.359 e. The minimum atomic E-state index is 0.220. The fourth-order valence-electron chi connectivity index (χ4n) is 3.29. The van der Waals surface area contributed by atoms with Crippen LogP contribution < -0.4 is 4.90 Å². The van der Waals surface area contributed by atoms with Gasteiger partial charge in [-0.3, -0.25) is 4.79 Å². The smallest absolute Gasteiger partial charge is 0.230 e. The van der Waals surface area contributed by atoms with Crippen molar-refractivity contribution in [2.24, 2.45) is 5.92 Å². The van der Waals surface area contributed by atoms with Crippen molar-refractivity contribution in [1.82, 2.24) is 4.98 Å². The van der Waals surface area contributed by atoms with Gasteiger partial charge in [0.05, 0.1) is 5.69 Å². The van der Waals surface area contributed by atoms with Crippen LogP contribution in [0.4, 0.5) is 5.69 Å². The van der Waals surface area contributed by atoms with E-state index in [1.54, 1.807) is 0 Å². The minimum absolute atomic E-state index is 0.220. The lowest BCUT2D eigenvalue weighted by Crippen LogP contribution is -2.36. The number of fused-ring (bicyclic) bond motifs is 1. The number of hydrogen-bond acceptors (Lipinski definition) is 1. The molecule has 0 bridgehead atoms. The molecule has 106 valence electrons. The Hall–Kier alpha value is -1.77. The van der Waals surface area contributed by atoms with Crippen molar-refractivity contribution in [1.29, 1.82) is 0 Å². The van der Waals surface area contributed by atoms with Crippen molar-refractivity contribution in [3.8, 4) is 0 Å². The molecule has 0 unspecified atom stereocenters. The van der Waals surface area contributed by atoms with Crippen molar-refractivity contribution < 1.29 is 4.79 Å². The SMILES string of the molecule is CCN(C(=O)C1CCCCC1)c1c[nH]c2ccccc12. The molecule has 20 heavy (non-hydrogen) atoms. The predicted octanol–water partition coefficient (Wildman–Crippen LogP) is 4.10. The molecular formula is C17H22N2O. The second kappa shape index (κ2) is 5.70. The summed E-state index contributed by atoms with van der Waals surface area (Å²) in [6.07, 6.45) is 7.75. The number of nitrogens with one attached hydrogen (secondary N) is 1. The summed E-state index contributed by atoms with van der Waals surface area (Å²) in [5.41, 5.74) is 2.12. The average molecular weight is 270 g/mol. The molecular weight excluding hydrogens is 248 g/mol. The van der Waals surface area contributed by atoms with Crippen LogP contribution in [0.2, 0.25) is 0 Å². The molecule has 0 atom stereocenters. The molecule has 1 fully saturated rings. The lowest BCUT2D eigenvalue weighted by molar-refractivity contribution is -0.123. The number of hydrogen-bond donors (Lipinski definition) is 1. The van der Waals surface area contributed by atoms with E-state index in [9.17, 15) is 4.79 Å². The third-order valence-electron chi connectivity index (χ3n) is 4.39. The molecule has 3 rings (SSSR count). The molecule has 3 nitrogen and oxygen atoms in total. The Kier molecular flexibility index (Phi) is 3.77. The van der Waals surface area contributed by atoms with Gasteiger partial charge in [-0.25, -0.2) is 0 Å². The van der Waals surface area contributed by atoms with E-state index in [1.807, 2.05) is 23.2 Å². The van der Waals surface area contributed by atoms with Crippen LogP contribution in [0.1, 0.15) is 39.0 Å². The monoisotopic (exact) mass is 270 g/mol. The average Bonchev–Trinajstić information content (AvgIpc) is 2.93. The Bertz CT molecular complexity index is 596. The van der Waals surface area contributed by atoms with E-state index < -0.39 is 0 Å². The van der Waals surface area contributed by atoms with Crippen LogP contribution in [0, 0.1) is 5.92 Å². The Labute approximate surface area is 120 Å². The lowest BCUT2D eigenvalue weighted by Gasteiger charge is -2.28. The molecule has 0 saturated heterocycles. The number of aromatic amines is 1. The molecule has 1 saturated carbocycles. The van der Waals surface area contributed by atoms with Crippen LogP contribution in [0.15, 0.2) is 30.5 Å². The van der Waals surface area contributed by atoms with Gasteiger partial charge in [-0.05, 0) is 25.8 Å². The number of rotatable bonds is 3. The number of aromatic nitrogens is 1. The zero-order valence-corrected chi connectivity index (χ0v) is 12.1. The van der Waals surface area contributed by atoms with Gasteiger partial charge in [-0.15, -0.1) is 0 Å². The molecule has 0 aliphatic heterocycles. The topological polar surface area (TPSA) is 36.1 Å². The molecule has 1 aliphatic carbocycles. The number of para-hydroxylation sites is 1. The summed E-state index contributed by atoms with van der Waals surface area (Å²) in [6.45, 7) is 2.79. The molecule has 1 heterocycles. The molecule has 1 aromatic heterocycles. The quantitative estimate of drug-likeness (QED) is 0.895. The van der Waals surface area contributed by atoms with E-state index in [2.05, 4.69) is 24.0 Å². The molecule has 3 heteroatoms. The molecule has 1 aromatic carbocycles. The predicted molar refractivity (Wildman–Crippen MR) is 82.9 cm³/mol. The second-order valence-electron chi connectivity index (χ2n) is 5.64. The van der Waals surface area contributed by atoms with Crippen LogP contribution >= 0.6 is 0 Å². The van der Waals surface area contributed by atoms with Crippen LogP contribution in [0.3, 0.4) is 0 Å². The van der Waals surface area contributed by atoms with Gasteiger partial charge in [0.15, 0.2) is 0 Å². The van der Waals surface area contributed by atoms with Gasteiger partial charge in [-0.2, -0.15) is 0 Å². The first kappa shape index (κ1) is 13.2. The molecule has 1 N–H and O–H groups in total. The normalized spacial score (nSPS) is 16.4. The maximum Gasteiger partial charge on any atom is 0.230 e. The van der Waals surface area contributed by atoms with Crippen LogP contribution in [0.5, 0.6) is 0 Å². The Morgan fingerprint density at radius 2 is 2.00 bits per heavy atom. The third-order valence-corrected chi connectivity index (χ3v) is 4.39. The molecule has 2 aromatic rings. The number of carbonyl (C=O) groups excluding carboxylic acids is 1.